The van der Waals surface area contributed by atoms with Crippen LogP contribution in [0.1, 0.15) is 83.5 Å². The van der Waals surface area contributed by atoms with E-state index in [0.717, 1.165) is 12.2 Å². The largest absolute Gasteiger partial charge is 0.490 e. The number of carboxylic acid groups (broad SMARTS) is 1. The van der Waals surface area contributed by atoms with Gasteiger partial charge in [0.15, 0.2) is 29.1 Å². The smallest absolute Gasteiger partial charge is 0.470 e. The van der Waals surface area contributed by atoms with Gasteiger partial charge in [-0.1, -0.05) is 41.1 Å². The number of carbonyl (C=O) groups is 6. The van der Waals surface area contributed by atoms with Crippen LogP contribution in [0, 0.1) is 28.1 Å². The minimum Gasteiger partial charge on any atom is -0.490 e. The molecule has 18 nitrogen and oxygen atoms in total. The lowest BCUT2D eigenvalue weighted by Crippen LogP contribution is -2.70. The number of carbonyl (C=O) groups excluding carboxylic acids is 5. The minimum atomic E-state index is -5.15. The van der Waals surface area contributed by atoms with Crippen LogP contribution in [0.4, 0.5) is 8.78 Å². The van der Waals surface area contributed by atoms with E-state index in [9.17, 15) is 48.2 Å². The molecule has 11 atom stereocenters. The zero-order valence-corrected chi connectivity index (χ0v) is 38.6. The predicted octanol–water partition coefficient (Wildman–Crippen LogP) is 3.11. The Morgan fingerprint density at radius 2 is 1.71 bits per heavy atom. The van der Waals surface area contributed by atoms with Gasteiger partial charge in [-0.05, 0) is 99.5 Å². The van der Waals surface area contributed by atoms with Crippen LogP contribution >= 0.6 is 23.8 Å². The van der Waals surface area contributed by atoms with Crippen LogP contribution in [0.3, 0.4) is 0 Å². The number of halogens is 3. The lowest BCUT2D eigenvalue weighted by molar-refractivity contribution is -0.235. The van der Waals surface area contributed by atoms with Gasteiger partial charge in [0.1, 0.15) is 24.6 Å². The summed E-state index contributed by atoms with van der Waals surface area (Å²) in [7, 11) is -5.15. The van der Waals surface area contributed by atoms with Gasteiger partial charge in [-0.2, -0.15) is 0 Å². The van der Waals surface area contributed by atoms with Gasteiger partial charge in [-0.25, -0.2) is 13.3 Å². The van der Waals surface area contributed by atoms with Crippen molar-refractivity contribution in [3.8, 4) is 5.75 Å². The second kappa shape index (κ2) is 17.5. The Hall–Kier alpha value is -3.95. The van der Waals surface area contributed by atoms with Gasteiger partial charge >= 0.3 is 13.8 Å². The number of fused-ring (bicyclic) bond motifs is 7. The van der Waals surface area contributed by atoms with Gasteiger partial charge in [-0.15, -0.1) is 0 Å². The summed E-state index contributed by atoms with van der Waals surface area (Å²) in [4.78, 5) is 93.8. The fourth-order valence-corrected chi connectivity index (χ4v) is 12.9. The summed E-state index contributed by atoms with van der Waals surface area (Å²) in [6.07, 6.45) is -0.957. The number of allylic oxidation sites excluding steroid dienone is 4. The first kappa shape index (κ1) is 48.5. The summed E-state index contributed by atoms with van der Waals surface area (Å²) in [6.45, 7) is 1.62. The zero-order chi connectivity index (χ0) is 47.8. The van der Waals surface area contributed by atoms with Crippen LogP contribution in [0.2, 0.25) is 0 Å². The quantitative estimate of drug-likeness (QED) is 0.0926. The molecule has 1 spiro atoms. The van der Waals surface area contributed by atoms with E-state index < -0.39 is 121 Å². The summed E-state index contributed by atoms with van der Waals surface area (Å²) in [5.41, 5.74) is -7.25. The molecule has 360 valence electrons. The minimum absolute atomic E-state index is 0.0105. The highest BCUT2D eigenvalue weighted by Gasteiger charge is 2.80. The summed E-state index contributed by atoms with van der Waals surface area (Å²) in [6, 6.07) is 5.44. The van der Waals surface area contributed by atoms with E-state index in [1.807, 2.05) is 0 Å². The number of phosphoric acid groups is 1. The first-order valence-corrected chi connectivity index (χ1v) is 24.5. The number of hydrogen-bond donors (Lipinski definition) is 7. The molecular weight excluding hydrogens is 959 g/mol. The molecule has 1 heterocycles. The lowest BCUT2D eigenvalue weighted by Gasteiger charge is -2.63. The summed E-state index contributed by atoms with van der Waals surface area (Å²) >= 11 is 2.98. The number of phosphoric ester groups is 1. The Balaban J connectivity index is 0.904. The molecule has 5 saturated carbocycles. The first-order chi connectivity index (χ1) is 31.0. The van der Waals surface area contributed by atoms with Gasteiger partial charge in [-0.3, -0.25) is 33.3 Å². The van der Waals surface area contributed by atoms with Crippen molar-refractivity contribution in [2.75, 3.05) is 18.5 Å². The van der Waals surface area contributed by atoms with Crippen LogP contribution in [0.15, 0.2) is 48.1 Å². The van der Waals surface area contributed by atoms with E-state index in [0.29, 0.717) is 37.0 Å². The van der Waals surface area contributed by atoms with E-state index in [1.54, 1.807) is 31.2 Å². The number of Topliss-reactive ketones (excluding diaryl/α,β-unsaturated/α-hetero) is 1. The molecule has 6 aliphatic carbocycles. The zero-order valence-electron chi connectivity index (χ0n) is 36.1. The Morgan fingerprint density at radius 1 is 1.02 bits per heavy atom. The molecule has 0 unspecified atom stereocenters. The van der Waals surface area contributed by atoms with Gasteiger partial charge in [0, 0.05) is 34.8 Å². The van der Waals surface area contributed by atoms with Crippen molar-refractivity contribution in [1.82, 2.24) is 16.0 Å². The van der Waals surface area contributed by atoms with E-state index >= 15 is 8.78 Å². The average Bonchev–Trinajstić information content (AvgIpc) is 3.73. The number of aliphatic carboxylic acids is 1. The number of aliphatic hydroxyl groups excluding tert-OH is 1. The van der Waals surface area contributed by atoms with Crippen LogP contribution in [0.25, 0.3) is 0 Å². The number of aliphatic hydroxyl groups is 1. The Kier molecular flexibility index (Phi) is 12.9. The van der Waals surface area contributed by atoms with Crippen LogP contribution < -0.4 is 20.7 Å². The molecule has 0 bridgehead atoms. The third-order valence-corrected chi connectivity index (χ3v) is 16.5. The van der Waals surface area contributed by atoms with Gasteiger partial charge in [0.05, 0.1) is 30.2 Å². The summed E-state index contributed by atoms with van der Waals surface area (Å²) in [5.74, 6) is -5.55. The highest BCUT2D eigenvalue weighted by Crippen LogP contribution is 2.73. The van der Waals surface area contributed by atoms with Crippen molar-refractivity contribution in [2.45, 2.75) is 126 Å². The van der Waals surface area contributed by atoms with E-state index in [4.69, 9.17) is 19.3 Å². The molecule has 8 rings (SSSR count). The van der Waals surface area contributed by atoms with E-state index in [-0.39, 0.29) is 60.7 Å². The molecule has 1 aromatic rings. The van der Waals surface area contributed by atoms with Gasteiger partial charge in [0.25, 0.3) is 0 Å². The van der Waals surface area contributed by atoms with Crippen molar-refractivity contribution in [3.63, 3.8) is 0 Å². The molecule has 7 aliphatic rings. The molecule has 7 N–H and O–H groups in total. The standard InChI is InChI=1S/C44H53BrF2N3O15P/c1-40-10-9-24(51)11-29(40)30(46)12-28-27-13-34-44(33(53)21-62-66(59,60)61,41(27,2)18-32(52)43(28,40)47)65-39(64-34)22-3-5-25(6-4-22)63-26-16-42(17-26)14-23(15-42)49-38(58)31(7-8-37(56)57)50-36(55)20-48-35(54)19-45/h3-6,9-11,23,26-28,30-32,34,39,52H,7-8,12-21H2,1-2H3,(H,48,54)(H,49,58)(H,50,55)(H,56,57)(H2,59,60,61)/t23?,26?,27-,28-,30-,31-,32-,34+,39+,40-,41-,42?,43-,44+/m0/s1. The van der Waals surface area contributed by atoms with E-state index in [2.05, 4.69) is 36.4 Å². The normalized spacial score (nSPS) is 38.8. The summed E-state index contributed by atoms with van der Waals surface area (Å²) in [5, 5.41) is 28.8. The maximum atomic E-state index is 17.8. The molecule has 22 heteroatoms. The summed E-state index contributed by atoms with van der Waals surface area (Å²) < 4.78 is 69.6. The van der Waals surface area contributed by atoms with Crippen molar-refractivity contribution < 1.29 is 80.8 Å². The molecule has 6 fully saturated rings. The second-order valence-corrected chi connectivity index (χ2v) is 21.2. The Labute approximate surface area is 386 Å². The maximum Gasteiger partial charge on any atom is 0.470 e. The number of alkyl halides is 3. The lowest BCUT2D eigenvalue weighted by atomic mass is 9.44. The van der Waals surface area contributed by atoms with Crippen LogP contribution in [0.5, 0.6) is 5.75 Å². The molecular formula is C44H53BrF2N3O15P. The third-order valence-electron chi connectivity index (χ3n) is 15.5. The monoisotopic (exact) mass is 1010 g/mol. The molecule has 1 aromatic carbocycles. The number of carboxylic acids is 1. The predicted molar refractivity (Wildman–Crippen MR) is 228 cm³/mol. The van der Waals surface area contributed by atoms with Crippen LogP contribution in [-0.4, -0.2) is 122 Å². The van der Waals surface area contributed by atoms with Crippen molar-refractivity contribution in [3.05, 3.63) is 53.6 Å². The maximum absolute atomic E-state index is 17.8. The number of amides is 3. The molecule has 0 aromatic heterocycles. The number of ether oxygens (including phenoxy) is 3. The average molecular weight is 1010 g/mol. The fraction of sp³-hybridized carbons (Fsp3) is 0.636. The Morgan fingerprint density at radius 3 is 2.36 bits per heavy atom. The van der Waals surface area contributed by atoms with E-state index in [1.165, 1.54) is 13.0 Å². The first-order valence-electron chi connectivity index (χ1n) is 21.9. The number of benzene rings is 1. The molecule has 0 radical (unpaired) electrons. The number of hydrogen-bond acceptors (Lipinski definition) is 12. The Bertz CT molecular complexity index is 2280. The van der Waals surface area contributed by atoms with Gasteiger partial charge < -0.3 is 50.2 Å². The molecule has 66 heavy (non-hydrogen) atoms. The van der Waals surface area contributed by atoms with Crippen molar-refractivity contribution in [2.24, 2.45) is 28.1 Å². The fourth-order valence-electron chi connectivity index (χ4n) is 12.5. The van der Waals surface area contributed by atoms with Crippen molar-refractivity contribution in [1.29, 1.82) is 0 Å². The third kappa shape index (κ3) is 8.38. The van der Waals surface area contributed by atoms with Crippen molar-refractivity contribution >= 4 is 59.0 Å². The second-order valence-electron chi connectivity index (χ2n) is 19.4. The number of nitrogens with one attached hydrogen (secondary N) is 3. The highest BCUT2D eigenvalue weighted by molar-refractivity contribution is 9.09. The molecule has 1 aliphatic heterocycles. The van der Waals surface area contributed by atoms with Gasteiger partial charge in [0.2, 0.25) is 17.7 Å². The molecule has 1 saturated heterocycles. The number of ketones is 2. The number of rotatable bonds is 16. The highest BCUT2D eigenvalue weighted by atomic mass is 79.9. The molecule has 3 amide bonds. The SMILES string of the molecule is C[C@]12C=CC(=O)C=C1[C@@H](F)C[C@H]1[C@@H]3C[C@H]4O[C@@H](c5ccc(OC6CC7(CC(NC(=O)[C@H](CCC(=O)O)NC(=O)CNC(=O)CBr)C7)C6)cc5)O[C@@]4(C(=O)COP(=O)(O)O)[C@@]3(C)C[C@H](O)[C@@]12F. The van der Waals surface area contributed by atoms with Crippen LogP contribution in [-0.2, 0) is 47.3 Å². The topological polar surface area (TPSA) is 273 Å².